The van der Waals surface area contributed by atoms with Crippen LogP contribution in [0.15, 0.2) is 30.5 Å². The van der Waals surface area contributed by atoms with E-state index in [1.54, 1.807) is 0 Å². The third-order valence-electron chi connectivity index (χ3n) is 4.85. The Balaban J connectivity index is 1.53. The minimum absolute atomic E-state index is 0.248. The van der Waals surface area contributed by atoms with Crippen molar-refractivity contribution in [1.82, 2.24) is 14.9 Å². The van der Waals surface area contributed by atoms with E-state index in [1.165, 1.54) is 11.1 Å². The summed E-state index contributed by atoms with van der Waals surface area (Å²) < 4.78 is 0. The van der Waals surface area contributed by atoms with Gasteiger partial charge in [0.25, 0.3) is 0 Å². The molecule has 0 spiro atoms. The first-order valence-electron chi connectivity index (χ1n) is 9.57. The molecule has 138 valence electrons. The molecular formula is C21H28N4O. The Bertz CT molecular complexity index is 742. The largest absolute Gasteiger partial charge is 0.354 e. The first-order valence-corrected chi connectivity index (χ1v) is 9.57. The van der Waals surface area contributed by atoms with E-state index < -0.39 is 0 Å². The van der Waals surface area contributed by atoms with E-state index in [2.05, 4.69) is 53.4 Å². The molecule has 1 N–H and O–H groups in total. The maximum atomic E-state index is 12.2. The number of carbonyl (C=O) groups excluding carboxylic acids is 1. The molecule has 0 radical (unpaired) electrons. The van der Waals surface area contributed by atoms with Gasteiger partial charge in [0.05, 0.1) is 5.69 Å². The number of fused-ring (bicyclic) bond motifs is 1. The second kappa shape index (κ2) is 8.79. The van der Waals surface area contributed by atoms with Gasteiger partial charge in [-0.05, 0) is 25.3 Å². The van der Waals surface area contributed by atoms with Crippen LogP contribution in [0.2, 0.25) is 0 Å². The Kier molecular flexibility index (Phi) is 6.21. The molecule has 5 nitrogen and oxygen atoms in total. The van der Waals surface area contributed by atoms with Crippen molar-refractivity contribution in [3.05, 3.63) is 52.8 Å². The monoisotopic (exact) mass is 352 g/mol. The van der Waals surface area contributed by atoms with Crippen molar-refractivity contribution < 1.29 is 4.79 Å². The van der Waals surface area contributed by atoms with Crippen LogP contribution in [0, 0.1) is 6.92 Å². The molecule has 0 unspecified atom stereocenters. The van der Waals surface area contributed by atoms with Gasteiger partial charge in [-0.15, -0.1) is 0 Å². The molecule has 3 rings (SSSR count). The highest BCUT2D eigenvalue weighted by molar-refractivity contribution is 5.76. The highest BCUT2D eigenvalue weighted by Gasteiger charge is 2.21. The van der Waals surface area contributed by atoms with Crippen molar-refractivity contribution in [1.29, 1.82) is 0 Å². The lowest BCUT2D eigenvalue weighted by molar-refractivity contribution is -0.132. The summed E-state index contributed by atoms with van der Waals surface area (Å²) in [5, 5.41) is 3.32. The van der Waals surface area contributed by atoms with Gasteiger partial charge in [0.1, 0.15) is 0 Å². The quantitative estimate of drug-likeness (QED) is 0.828. The number of rotatable bonds is 7. The molecule has 0 saturated carbocycles. The molecule has 0 fully saturated rings. The molecule has 5 heteroatoms. The number of nitrogens with one attached hydrogen (secondary N) is 1. The lowest BCUT2D eigenvalue weighted by Crippen LogP contribution is -2.36. The summed E-state index contributed by atoms with van der Waals surface area (Å²) in [4.78, 5) is 23.2. The molecule has 0 bridgehead atoms. The molecule has 1 aliphatic rings. The van der Waals surface area contributed by atoms with Gasteiger partial charge in [0.15, 0.2) is 0 Å². The highest BCUT2D eigenvalue weighted by Crippen LogP contribution is 2.19. The number of aromatic nitrogens is 2. The molecular weight excluding hydrogens is 324 g/mol. The van der Waals surface area contributed by atoms with E-state index in [-0.39, 0.29) is 5.91 Å². The Labute approximate surface area is 155 Å². The first-order chi connectivity index (χ1) is 12.7. The molecule has 0 atom stereocenters. The summed E-state index contributed by atoms with van der Waals surface area (Å²) in [6, 6.07) is 8.60. The van der Waals surface area contributed by atoms with Gasteiger partial charge >= 0.3 is 0 Å². The number of anilines is 1. The summed E-state index contributed by atoms with van der Waals surface area (Å²) in [6.07, 6.45) is 6.28. The molecule has 1 aliphatic heterocycles. The van der Waals surface area contributed by atoms with Crippen LogP contribution < -0.4 is 5.32 Å². The summed E-state index contributed by atoms with van der Waals surface area (Å²) in [5.74, 6) is 0.930. The van der Waals surface area contributed by atoms with Crippen molar-refractivity contribution in [2.45, 2.75) is 52.5 Å². The fraction of sp³-hybridized carbons (Fsp3) is 0.476. The van der Waals surface area contributed by atoms with Gasteiger partial charge in [-0.2, -0.15) is 0 Å². The molecule has 26 heavy (non-hydrogen) atoms. The third-order valence-corrected chi connectivity index (χ3v) is 4.85. The zero-order chi connectivity index (χ0) is 18.4. The van der Waals surface area contributed by atoms with Crippen LogP contribution in [0.25, 0.3) is 0 Å². The van der Waals surface area contributed by atoms with Crippen LogP contribution in [0.4, 0.5) is 5.95 Å². The zero-order valence-corrected chi connectivity index (χ0v) is 15.8. The van der Waals surface area contributed by atoms with E-state index in [0.717, 1.165) is 50.0 Å². The fourth-order valence-electron chi connectivity index (χ4n) is 3.17. The van der Waals surface area contributed by atoms with Crippen LogP contribution in [0.5, 0.6) is 0 Å². The number of carbonyl (C=O) groups is 1. The molecule has 1 aromatic carbocycles. The number of benzene rings is 1. The Hall–Kier alpha value is -2.43. The van der Waals surface area contributed by atoms with Crippen LogP contribution in [0.3, 0.4) is 0 Å². The van der Waals surface area contributed by atoms with Crippen LogP contribution in [-0.4, -0.2) is 33.9 Å². The maximum absolute atomic E-state index is 12.2. The minimum Gasteiger partial charge on any atom is -0.354 e. The molecule has 1 aromatic heterocycles. The summed E-state index contributed by atoms with van der Waals surface area (Å²) in [5.41, 5.74) is 4.73. The topological polar surface area (TPSA) is 58.1 Å². The standard InChI is InChI=1S/C21H28N4O/c1-3-4-5-20(26)25-13-11-19-18(15-25)14-23-21(24-19)22-12-10-17-8-6-16(2)7-9-17/h6-9,14H,3-5,10-13,15H2,1-2H3,(H,22,23,24). The van der Waals surface area contributed by atoms with Gasteiger partial charge in [-0.3, -0.25) is 4.79 Å². The van der Waals surface area contributed by atoms with E-state index in [1.807, 2.05) is 11.1 Å². The lowest BCUT2D eigenvalue weighted by atomic mass is 10.1. The smallest absolute Gasteiger partial charge is 0.222 e. The highest BCUT2D eigenvalue weighted by atomic mass is 16.2. The number of amides is 1. The van der Waals surface area contributed by atoms with Crippen molar-refractivity contribution in [2.75, 3.05) is 18.4 Å². The van der Waals surface area contributed by atoms with Gasteiger partial charge in [0, 0.05) is 44.2 Å². The van der Waals surface area contributed by atoms with Crippen molar-refractivity contribution in [2.24, 2.45) is 0 Å². The van der Waals surface area contributed by atoms with Gasteiger partial charge < -0.3 is 10.2 Å². The van der Waals surface area contributed by atoms with Crippen LogP contribution >= 0.6 is 0 Å². The van der Waals surface area contributed by atoms with Crippen molar-refractivity contribution in [3.8, 4) is 0 Å². The Morgan fingerprint density at radius 1 is 1.27 bits per heavy atom. The van der Waals surface area contributed by atoms with Gasteiger partial charge in [-0.25, -0.2) is 9.97 Å². The normalized spacial score (nSPS) is 13.4. The van der Waals surface area contributed by atoms with E-state index >= 15 is 0 Å². The minimum atomic E-state index is 0.248. The Morgan fingerprint density at radius 3 is 2.85 bits per heavy atom. The van der Waals surface area contributed by atoms with E-state index in [4.69, 9.17) is 0 Å². The third kappa shape index (κ3) is 4.81. The Morgan fingerprint density at radius 2 is 2.08 bits per heavy atom. The van der Waals surface area contributed by atoms with E-state index in [9.17, 15) is 4.79 Å². The van der Waals surface area contributed by atoms with Crippen LogP contribution in [0.1, 0.15) is 48.6 Å². The van der Waals surface area contributed by atoms with Crippen molar-refractivity contribution >= 4 is 11.9 Å². The van der Waals surface area contributed by atoms with Crippen molar-refractivity contribution in [3.63, 3.8) is 0 Å². The SMILES string of the molecule is CCCCC(=O)N1CCc2nc(NCCc3ccc(C)cc3)ncc2C1. The fourth-order valence-corrected chi connectivity index (χ4v) is 3.17. The second-order valence-corrected chi connectivity index (χ2v) is 7.00. The molecule has 1 amide bonds. The summed E-state index contributed by atoms with van der Waals surface area (Å²) >= 11 is 0. The number of unbranched alkanes of at least 4 members (excludes halogenated alkanes) is 1. The average Bonchev–Trinajstić information content (AvgIpc) is 2.67. The zero-order valence-electron chi connectivity index (χ0n) is 15.8. The summed E-state index contributed by atoms with van der Waals surface area (Å²) in [6.45, 7) is 6.42. The van der Waals surface area contributed by atoms with Crippen LogP contribution in [-0.2, 0) is 24.2 Å². The predicted octanol–water partition coefficient (Wildman–Crippen LogP) is 3.51. The first kappa shape index (κ1) is 18.4. The van der Waals surface area contributed by atoms with Gasteiger partial charge in [0.2, 0.25) is 11.9 Å². The average molecular weight is 352 g/mol. The number of nitrogens with zero attached hydrogens (tertiary/aromatic N) is 3. The lowest BCUT2D eigenvalue weighted by Gasteiger charge is -2.28. The second-order valence-electron chi connectivity index (χ2n) is 7.00. The van der Waals surface area contributed by atoms with Gasteiger partial charge in [-0.1, -0.05) is 43.2 Å². The molecule has 2 aromatic rings. The maximum Gasteiger partial charge on any atom is 0.222 e. The number of aryl methyl sites for hydroxylation is 1. The number of hydrogen-bond acceptors (Lipinski definition) is 4. The predicted molar refractivity (Wildman–Crippen MR) is 104 cm³/mol. The number of hydrogen-bond donors (Lipinski definition) is 1. The molecule has 0 saturated heterocycles. The molecule has 2 heterocycles. The van der Waals surface area contributed by atoms with E-state index in [0.29, 0.717) is 18.9 Å². The molecule has 0 aliphatic carbocycles. The summed E-state index contributed by atoms with van der Waals surface area (Å²) in [7, 11) is 0.